The Labute approximate surface area is 198 Å². The lowest BCUT2D eigenvalue weighted by Gasteiger charge is -2.25. The summed E-state index contributed by atoms with van der Waals surface area (Å²) < 4.78 is 47.1. The summed E-state index contributed by atoms with van der Waals surface area (Å²) in [6.07, 6.45) is 9.52. The normalized spacial score (nSPS) is 14.1. The third-order valence-electron chi connectivity index (χ3n) is 6.33. The number of sulfonamides is 1. The summed E-state index contributed by atoms with van der Waals surface area (Å²) in [6.45, 7) is 2.54. The van der Waals surface area contributed by atoms with Gasteiger partial charge in [-0.25, -0.2) is 17.8 Å². The smallest absolute Gasteiger partial charge is 0.232 e. The molecule has 178 valence electrons. The molecule has 0 radical (unpaired) electrons. The van der Waals surface area contributed by atoms with Gasteiger partial charge in [0.15, 0.2) is 0 Å². The molecule has 2 heterocycles. The van der Waals surface area contributed by atoms with Crippen molar-refractivity contribution >= 4 is 26.7 Å². The quantitative estimate of drug-likeness (QED) is 0.278. The minimum atomic E-state index is -3.47. The number of nitrogens with zero attached hydrogens (tertiary/aromatic N) is 2. The van der Waals surface area contributed by atoms with E-state index in [4.69, 9.17) is 4.42 Å². The van der Waals surface area contributed by atoms with Gasteiger partial charge in [0, 0.05) is 36.0 Å². The number of H-pyrrole nitrogens is 1. The fourth-order valence-corrected chi connectivity index (χ4v) is 5.47. The first-order chi connectivity index (χ1) is 16.4. The first kappa shape index (κ1) is 22.7. The van der Waals surface area contributed by atoms with Crippen LogP contribution in [0.1, 0.15) is 50.5 Å². The summed E-state index contributed by atoms with van der Waals surface area (Å²) in [4.78, 5) is 7.62. The average Bonchev–Trinajstić information content (AvgIpc) is 3.37. The number of fused-ring (bicyclic) bond motifs is 1. The van der Waals surface area contributed by atoms with Crippen LogP contribution in [0, 0.1) is 5.82 Å². The lowest BCUT2D eigenvalue weighted by molar-refractivity contribution is 0.592. The SMILES string of the molecule is CCCCCN(c1cc2oc(-c3ccc(F)cc3)c(-c3ncc[nH]3)c2cc1C1CC1)S(C)(=O)=O. The number of aromatic nitrogens is 2. The molecule has 34 heavy (non-hydrogen) atoms. The van der Waals surface area contributed by atoms with Crippen molar-refractivity contribution in [2.24, 2.45) is 0 Å². The molecular formula is C26H28FN3O3S. The molecular weight excluding hydrogens is 453 g/mol. The molecule has 6 nitrogen and oxygen atoms in total. The highest BCUT2D eigenvalue weighted by Crippen LogP contribution is 2.49. The Balaban J connectivity index is 1.73. The number of halogens is 1. The molecule has 0 unspecified atom stereocenters. The second-order valence-corrected chi connectivity index (χ2v) is 10.9. The zero-order valence-electron chi connectivity index (χ0n) is 19.3. The van der Waals surface area contributed by atoms with E-state index in [1.807, 2.05) is 6.07 Å². The van der Waals surface area contributed by atoms with Crippen LogP contribution in [0.5, 0.6) is 0 Å². The number of hydrogen-bond donors (Lipinski definition) is 1. The lowest BCUT2D eigenvalue weighted by atomic mass is 10.0. The highest BCUT2D eigenvalue weighted by molar-refractivity contribution is 7.92. The molecule has 1 aliphatic carbocycles. The molecule has 4 aromatic rings. The van der Waals surface area contributed by atoms with Gasteiger partial charge in [0.05, 0.1) is 17.5 Å². The Morgan fingerprint density at radius 1 is 1.18 bits per heavy atom. The largest absolute Gasteiger partial charge is 0.455 e. The van der Waals surface area contributed by atoms with E-state index in [1.54, 1.807) is 24.5 Å². The van der Waals surface area contributed by atoms with E-state index in [0.29, 0.717) is 35.3 Å². The van der Waals surface area contributed by atoms with Crippen LogP contribution in [-0.4, -0.2) is 31.2 Å². The number of benzene rings is 2. The van der Waals surface area contributed by atoms with Gasteiger partial charge in [0.2, 0.25) is 10.0 Å². The van der Waals surface area contributed by atoms with Gasteiger partial charge in [0.1, 0.15) is 23.0 Å². The minimum Gasteiger partial charge on any atom is -0.455 e. The molecule has 0 saturated heterocycles. The van der Waals surface area contributed by atoms with Crippen molar-refractivity contribution in [3.8, 4) is 22.7 Å². The zero-order chi connectivity index (χ0) is 23.9. The topological polar surface area (TPSA) is 79.2 Å². The standard InChI is InChI=1S/C26H28FN3O3S/c1-3-4-5-14-30(34(2,31)32)22-16-23-21(15-20(22)17-6-7-17)24(26-28-12-13-29-26)25(33-23)18-8-10-19(27)11-9-18/h8-13,15-17H,3-7,14H2,1-2H3,(H,28,29). The fraction of sp³-hybridized carbons (Fsp3) is 0.346. The van der Waals surface area contributed by atoms with Gasteiger partial charge >= 0.3 is 0 Å². The van der Waals surface area contributed by atoms with Crippen molar-refractivity contribution in [2.45, 2.75) is 44.9 Å². The summed E-state index contributed by atoms with van der Waals surface area (Å²) in [5.41, 5.74) is 3.81. The number of nitrogens with one attached hydrogen (secondary N) is 1. The maximum Gasteiger partial charge on any atom is 0.232 e. The van der Waals surface area contributed by atoms with Crippen LogP contribution in [-0.2, 0) is 10.0 Å². The van der Waals surface area contributed by atoms with Crippen LogP contribution in [0.15, 0.2) is 53.2 Å². The van der Waals surface area contributed by atoms with Crippen LogP contribution < -0.4 is 4.31 Å². The van der Waals surface area contributed by atoms with Gasteiger partial charge in [-0.1, -0.05) is 19.8 Å². The molecule has 1 N–H and O–H groups in total. The maximum atomic E-state index is 13.6. The predicted molar refractivity (Wildman–Crippen MR) is 133 cm³/mol. The molecule has 0 atom stereocenters. The van der Waals surface area contributed by atoms with E-state index < -0.39 is 10.0 Å². The summed E-state index contributed by atoms with van der Waals surface area (Å²) >= 11 is 0. The van der Waals surface area contributed by atoms with Gasteiger partial charge in [-0.05, 0) is 61.1 Å². The van der Waals surface area contributed by atoms with Gasteiger partial charge in [-0.3, -0.25) is 4.31 Å². The minimum absolute atomic E-state index is 0.323. The Bertz CT molecular complexity index is 1410. The van der Waals surface area contributed by atoms with E-state index in [0.717, 1.165) is 54.2 Å². The van der Waals surface area contributed by atoms with Gasteiger partial charge in [-0.2, -0.15) is 0 Å². The Morgan fingerprint density at radius 2 is 1.94 bits per heavy atom. The first-order valence-corrected chi connectivity index (χ1v) is 13.6. The molecule has 0 aliphatic heterocycles. The van der Waals surface area contributed by atoms with E-state index >= 15 is 0 Å². The second kappa shape index (κ2) is 8.91. The van der Waals surface area contributed by atoms with E-state index in [1.165, 1.54) is 22.7 Å². The predicted octanol–water partition coefficient (Wildman–Crippen LogP) is 6.46. The van der Waals surface area contributed by atoms with Gasteiger partial charge < -0.3 is 9.40 Å². The number of unbranched alkanes of at least 4 members (excludes halogenated alkanes) is 2. The number of aromatic amines is 1. The molecule has 2 aromatic carbocycles. The number of hydrogen-bond acceptors (Lipinski definition) is 4. The Morgan fingerprint density at radius 3 is 2.56 bits per heavy atom. The third kappa shape index (κ3) is 4.34. The molecule has 1 fully saturated rings. The van der Waals surface area contributed by atoms with Crippen LogP contribution in [0.3, 0.4) is 0 Å². The maximum absolute atomic E-state index is 13.6. The van der Waals surface area contributed by atoms with Crippen LogP contribution in [0.2, 0.25) is 0 Å². The third-order valence-corrected chi connectivity index (χ3v) is 7.51. The molecule has 0 spiro atoms. The van der Waals surface area contributed by atoms with Crippen molar-refractivity contribution in [3.05, 3.63) is 60.2 Å². The highest BCUT2D eigenvalue weighted by atomic mass is 32.2. The van der Waals surface area contributed by atoms with E-state index in [-0.39, 0.29) is 5.82 Å². The van der Waals surface area contributed by atoms with Crippen molar-refractivity contribution in [1.82, 2.24) is 9.97 Å². The van der Waals surface area contributed by atoms with Crippen molar-refractivity contribution in [1.29, 1.82) is 0 Å². The monoisotopic (exact) mass is 481 g/mol. The molecule has 5 rings (SSSR count). The highest BCUT2D eigenvalue weighted by Gasteiger charge is 2.32. The molecule has 0 amide bonds. The van der Waals surface area contributed by atoms with Gasteiger partial charge in [-0.15, -0.1) is 0 Å². The molecule has 0 bridgehead atoms. The van der Waals surface area contributed by atoms with Crippen molar-refractivity contribution < 1.29 is 17.2 Å². The number of imidazole rings is 1. The summed E-state index contributed by atoms with van der Waals surface area (Å²) in [5.74, 6) is 1.22. The van der Waals surface area contributed by atoms with E-state index in [9.17, 15) is 12.8 Å². The van der Waals surface area contributed by atoms with E-state index in [2.05, 4.69) is 23.0 Å². The molecule has 1 aliphatic rings. The summed E-state index contributed by atoms with van der Waals surface area (Å²) in [5, 5.41) is 0.863. The summed E-state index contributed by atoms with van der Waals surface area (Å²) in [6, 6.07) is 10.1. The van der Waals surface area contributed by atoms with Crippen molar-refractivity contribution in [3.63, 3.8) is 0 Å². The molecule has 2 aromatic heterocycles. The first-order valence-electron chi connectivity index (χ1n) is 11.7. The second-order valence-electron chi connectivity index (χ2n) is 8.97. The number of furan rings is 1. The number of rotatable bonds is 9. The Hall–Kier alpha value is -3.13. The fourth-order valence-electron chi connectivity index (χ4n) is 4.50. The van der Waals surface area contributed by atoms with Gasteiger partial charge in [0.25, 0.3) is 0 Å². The van der Waals surface area contributed by atoms with Crippen molar-refractivity contribution in [2.75, 3.05) is 17.1 Å². The van der Waals surface area contributed by atoms with Crippen LogP contribution in [0.25, 0.3) is 33.7 Å². The lowest BCUT2D eigenvalue weighted by Crippen LogP contribution is -2.31. The number of anilines is 1. The summed E-state index contributed by atoms with van der Waals surface area (Å²) in [7, 11) is -3.47. The zero-order valence-corrected chi connectivity index (χ0v) is 20.2. The average molecular weight is 482 g/mol. The van der Waals surface area contributed by atoms with Crippen LogP contribution in [0.4, 0.5) is 10.1 Å². The Kier molecular flexibility index (Phi) is 5.93. The molecule has 1 saturated carbocycles. The van der Waals surface area contributed by atoms with Crippen LogP contribution >= 0.6 is 0 Å². The molecule has 8 heteroatoms.